The zero-order chi connectivity index (χ0) is 13.8. The van der Waals surface area contributed by atoms with E-state index in [9.17, 15) is 18.0 Å². The highest BCUT2D eigenvalue weighted by atomic mass is 19.4. The first-order valence-corrected chi connectivity index (χ1v) is 5.77. The molecule has 0 aromatic heterocycles. The van der Waals surface area contributed by atoms with Crippen LogP contribution in [0.25, 0.3) is 0 Å². The number of rotatable bonds is 5. The number of carbonyl (C=O) groups excluding carboxylic acids is 1. The Labute approximate surface area is 104 Å². The second-order valence-corrected chi connectivity index (χ2v) is 4.17. The van der Waals surface area contributed by atoms with Crippen LogP contribution in [0.3, 0.4) is 0 Å². The molecular weight excluding hydrogens is 243 g/mol. The van der Waals surface area contributed by atoms with Gasteiger partial charge in [0.1, 0.15) is 6.29 Å². The van der Waals surface area contributed by atoms with E-state index in [-0.39, 0.29) is 11.3 Å². The summed E-state index contributed by atoms with van der Waals surface area (Å²) >= 11 is 0. The number of nitrogens with zero attached hydrogens (tertiary/aromatic N) is 1. The molecule has 0 amide bonds. The van der Waals surface area contributed by atoms with Crippen LogP contribution in [0.4, 0.5) is 18.9 Å². The summed E-state index contributed by atoms with van der Waals surface area (Å²) in [6.45, 7) is 2.54. The van der Waals surface area contributed by atoms with Crippen LogP contribution in [0.15, 0.2) is 18.2 Å². The molecule has 0 aliphatic rings. The van der Waals surface area contributed by atoms with Crippen LogP contribution in [-0.2, 0) is 6.18 Å². The molecule has 100 valence electrons. The molecule has 0 fully saturated rings. The summed E-state index contributed by atoms with van der Waals surface area (Å²) in [4.78, 5) is 12.1. The van der Waals surface area contributed by atoms with Gasteiger partial charge in [0.05, 0.1) is 5.56 Å². The van der Waals surface area contributed by atoms with Crippen LogP contribution in [0.5, 0.6) is 0 Å². The molecule has 0 heterocycles. The summed E-state index contributed by atoms with van der Waals surface area (Å²) in [6, 6.07) is 3.65. The van der Waals surface area contributed by atoms with Crippen LogP contribution in [0.2, 0.25) is 0 Å². The van der Waals surface area contributed by atoms with Gasteiger partial charge in [0.2, 0.25) is 0 Å². The Bertz CT molecular complexity index is 415. The SMILES string of the molecule is CCCCN(C)c1ccc(C=O)cc1C(F)(F)F. The number of benzene rings is 1. The first-order valence-electron chi connectivity index (χ1n) is 5.77. The predicted octanol–water partition coefficient (Wildman–Crippen LogP) is 3.75. The van der Waals surface area contributed by atoms with Crippen LogP contribution < -0.4 is 4.90 Å². The van der Waals surface area contributed by atoms with Gasteiger partial charge in [-0.1, -0.05) is 13.3 Å². The van der Waals surface area contributed by atoms with E-state index in [0.717, 1.165) is 18.9 Å². The molecule has 0 spiro atoms. The summed E-state index contributed by atoms with van der Waals surface area (Å²) in [5.41, 5.74) is -0.609. The normalized spacial score (nSPS) is 11.4. The Kier molecular flexibility index (Phi) is 4.76. The molecule has 5 heteroatoms. The number of aldehydes is 1. The van der Waals surface area contributed by atoms with Crippen molar-refractivity contribution in [3.8, 4) is 0 Å². The fraction of sp³-hybridized carbons (Fsp3) is 0.462. The fourth-order valence-corrected chi connectivity index (χ4v) is 1.70. The van der Waals surface area contributed by atoms with Gasteiger partial charge in [0.25, 0.3) is 0 Å². The van der Waals surface area contributed by atoms with E-state index in [1.807, 2.05) is 6.92 Å². The van der Waals surface area contributed by atoms with Crippen LogP contribution in [0.1, 0.15) is 35.7 Å². The molecule has 0 aliphatic carbocycles. The summed E-state index contributed by atoms with van der Waals surface area (Å²) in [5, 5.41) is 0. The lowest BCUT2D eigenvalue weighted by molar-refractivity contribution is -0.137. The lowest BCUT2D eigenvalue weighted by atomic mass is 10.1. The largest absolute Gasteiger partial charge is 0.418 e. The number of hydrogen-bond acceptors (Lipinski definition) is 2. The summed E-state index contributed by atoms with van der Waals surface area (Å²) < 4.78 is 38.7. The molecule has 0 N–H and O–H groups in total. The van der Waals surface area contributed by atoms with Gasteiger partial charge in [-0.25, -0.2) is 0 Å². The Morgan fingerprint density at radius 1 is 1.33 bits per heavy atom. The maximum Gasteiger partial charge on any atom is 0.418 e. The van der Waals surface area contributed by atoms with Gasteiger partial charge in [-0.05, 0) is 24.6 Å². The molecule has 0 saturated carbocycles. The Morgan fingerprint density at radius 3 is 2.50 bits per heavy atom. The number of anilines is 1. The average molecular weight is 259 g/mol. The highest BCUT2D eigenvalue weighted by Gasteiger charge is 2.34. The van der Waals surface area contributed by atoms with Crippen molar-refractivity contribution in [1.82, 2.24) is 0 Å². The zero-order valence-corrected chi connectivity index (χ0v) is 10.4. The maximum atomic E-state index is 12.9. The third-order valence-corrected chi connectivity index (χ3v) is 2.72. The molecule has 0 atom stereocenters. The monoisotopic (exact) mass is 259 g/mol. The van der Waals surface area contributed by atoms with Gasteiger partial charge < -0.3 is 4.90 Å². The van der Waals surface area contributed by atoms with Crippen LogP contribution >= 0.6 is 0 Å². The molecular formula is C13H16F3NO. The summed E-state index contributed by atoms with van der Waals surface area (Å²) in [5.74, 6) is 0. The maximum absolute atomic E-state index is 12.9. The second kappa shape index (κ2) is 5.89. The van der Waals surface area contributed by atoms with E-state index in [0.29, 0.717) is 12.8 Å². The van der Waals surface area contributed by atoms with Gasteiger partial charge >= 0.3 is 6.18 Å². The van der Waals surface area contributed by atoms with Crippen molar-refractivity contribution in [3.63, 3.8) is 0 Å². The van der Waals surface area contributed by atoms with E-state index in [2.05, 4.69) is 0 Å². The third kappa shape index (κ3) is 3.48. The first-order chi connectivity index (χ1) is 8.40. The van der Waals surface area contributed by atoms with Gasteiger partial charge in [0.15, 0.2) is 0 Å². The standard InChI is InChI=1S/C13H16F3NO/c1-3-4-7-17(2)12-6-5-10(9-18)8-11(12)13(14,15)16/h5-6,8-9H,3-4,7H2,1-2H3. The number of carbonyl (C=O) groups is 1. The molecule has 0 unspecified atom stereocenters. The third-order valence-electron chi connectivity index (χ3n) is 2.72. The predicted molar refractivity (Wildman–Crippen MR) is 65.0 cm³/mol. The molecule has 0 radical (unpaired) electrons. The van der Waals surface area contributed by atoms with E-state index in [4.69, 9.17) is 0 Å². The van der Waals surface area contributed by atoms with E-state index in [1.165, 1.54) is 12.1 Å². The van der Waals surface area contributed by atoms with Crippen molar-refractivity contribution in [3.05, 3.63) is 29.3 Å². The molecule has 0 aliphatic heterocycles. The number of alkyl halides is 3. The minimum atomic E-state index is -4.45. The minimum Gasteiger partial charge on any atom is -0.374 e. The first kappa shape index (κ1) is 14.5. The van der Waals surface area contributed by atoms with Crippen molar-refractivity contribution in [2.45, 2.75) is 25.9 Å². The van der Waals surface area contributed by atoms with Gasteiger partial charge in [0, 0.05) is 24.8 Å². The molecule has 2 nitrogen and oxygen atoms in total. The summed E-state index contributed by atoms with van der Waals surface area (Å²) in [7, 11) is 1.63. The van der Waals surface area contributed by atoms with Crippen molar-refractivity contribution in [1.29, 1.82) is 0 Å². The van der Waals surface area contributed by atoms with E-state index < -0.39 is 11.7 Å². The molecule has 1 aromatic rings. The minimum absolute atomic E-state index is 0.0370. The molecule has 0 bridgehead atoms. The van der Waals surface area contributed by atoms with E-state index in [1.54, 1.807) is 11.9 Å². The Hall–Kier alpha value is -1.52. The molecule has 0 saturated heterocycles. The Balaban J connectivity index is 3.13. The molecule has 18 heavy (non-hydrogen) atoms. The lowest BCUT2D eigenvalue weighted by Crippen LogP contribution is -2.22. The van der Waals surface area contributed by atoms with Crippen molar-refractivity contribution >= 4 is 12.0 Å². The van der Waals surface area contributed by atoms with Crippen molar-refractivity contribution in [2.24, 2.45) is 0 Å². The number of hydrogen-bond donors (Lipinski definition) is 0. The van der Waals surface area contributed by atoms with Crippen molar-refractivity contribution in [2.75, 3.05) is 18.5 Å². The fourth-order valence-electron chi connectivity index (χ4n) is 1.70. The second-order valence-electron chi connectivity index (χ2n) is 4.17. The number of halogens is 3. The quantitative estimate of drug-likeness (QED) is 0.750. The smallest absolute Gasteiger partial charge is 0.374 e. The molecule has 1 rings (SSSR count). The van der Waals surface area contributed by atoms with Crippen LogP contribution in [-0.4, -0.2) is 19.9 Å². The highest BCUT2D eigenvalue weighted by Crippen LogP contribution is 2.36. The molecule has 1 aromatic carbocycles. The van der Waals surface area contributed by atoms with Gasteiger partial charge in [-0.2, -0.15) is 13.2 Å². The lowest BCUT2D eigenvalue weighted by Gasteiger charge is -2.23. The van der Waals surface area contributed by atoms with Crippen LogP contribution in [0, 0.1) is 0 Å². The number of unbranched alkanes of at least 4 members (excludes halogenated alkanes) is 1. The zero-order valence-electron chi connectivity index (χ0n) is 10.4. The summed E-state index contributed by atoms with van der Waals surface area (Å²) in [6.07, 6.45) is -2.29. The van der Waals surface area contributed by atoms with Gasteiger partial charge in [-0.15, -0.1) is 0 Å². The van der Waals surface area contributed by atoms with Crippen molar-refractivity contribution < 1.29 is 18.0 Å². The average Bonchev–Trinajstić information content (AvgIpc) is 2.34. The topological polar surface area (TPSA) is 20.3 Å². The highest BCUT2D eigenvalue weighted by molar-refractivity contribution is 5.77. The van der Waals surface area contributed by atoms with E-state index >= 15 is 0 Å². The van der Waals surface area contributed by atoms with Gasteiger partial charge in [-0.3, -0.25) is 4.79 Å². The Morgan fingerprint density at radius 2 is 2.00 bits per heavy atom.